The first-order valence-electron chi connectivity index (χ1n) is 10.1. The molecule has 0 fully saturated rings. The molecular weight excluding hydrogens is 328 g/mol. The number of carboxylic acids is 2. The Morgan fingerprint density at radius 1 is 0.692 bits per heavy atom. The number of hydrogen-bond donors (Lipinski definition) is 2. The van der Waals surface area contributed by atoms with Crippen molar-refractivity contribution in [2.24, 2.45) is 5.41 Å². The van der Waals surface area contributed by atoms with Crippen molar-refractivity contribution in [2.45, 2.75) is 97.3 Å². The Morgan fingerprint density at radius 2 is 1.15 bits per heavy atom. The van der Waals surface area contributed by atoms with Crippen LogP contribution < -0.4 is 0 Å². The Hall–Kier alpha value is -1.58. The van der Waals surface area contributed by atoms with Crippen LogP contribution in [0, 0.1) is 5.41 Å². The lowest BCUT2D eigenvalue weighted by Crippen LogP contribution is -2.23. The van der Waals surface area contributed by atoms with Crippen LogP contribution in [0.25, 0.3) is 0 Å². The maximum Gasteiger partial charge on any atom is 0.309 e. The van der Waals surface area contributed by atoms with Gasteiger partial charge in [-0.25, -0.2) is 0 Å². The van der Waals surface area contributed by atoms with Gasteiger partial charge in [0.15, 0.2) is 0 Å². The number of hydrogen-bond acceptors (Lipinski definition) is 2. The van der Waals surface area contributed by atoms with Crippen molar-refractivity contribution in [1.29, 1.82) is 0 Å². The largest absolute Gasteiger partial charge is 0.481 e. The van der Waals surface area contributed by atoms with Crippen LogP contribution in [0.2, 0.25) is 0 Å². The minimum absolute atomic E-state index is 0.294. The van der Waals surface area contributed by atoms with E-state index >= 15 is 0 Å². The molecule has 0 aliphatic carbocycles. The fourth-order valence-corrected chi connectivity index (χ4v) is 2.67. The van der Waals surface area contributed by atoms with Gasteiger partial charge in [0.25, 0.3) is 0 Å². The van der Waals surface area contributed by atoms with Crippen LogP contribution >= 0.6 is 0 Å². The average molecular weight is 367 g/mol. The van der Waals surface area contributed by atoms with Crippen molar-refractivity contribution in [3.8, 4) is 0 Å². The zero-order chi connectivity index (χ0) is 19.7. The van der Waals surface area contributed by atoms with Gasteiger partial charge in [-0.05, 0) is 65.2 Å². The Morgan fingerprint density at radius 3 is 1.65 bits per heavy atom. The number of allylic oxidation sites excluding steroid dienone is 4. The summed E-state index contributed by atoms with van der Waals surface area (Å²) < 4.78 is 0. The second-order valence-corrected chi connectivity index (χ2v) is 7.66. The summed E-state index contributed by atoms with van der Waals surface area (Å²) in [7, 11) is 0. The van der Waals surface area contributed by atoms with Gasteiger partial charge in [-0.1, -0.05) is 50.0 Å². The molecule has 0 aliphatic rings. The van der Waals surface area contributed by atoms with Crippen molar-refractivity contribution >= 4 is 11.9 Å². The Bertz CT molecular complexity index is 435. The van der Waals surface area contributed by atoms with Crippen LogP contribution in [0.5, 0.6) is 0 Å². The molecule has 0 spiro atoms. The maximum absolute atomic E-state index is 11.0. The summed E-state index contributed by atoms with van der Waals surface area (Å²) in [5.74, 6) is -1.40. The summed E-state index contributed by atoms with van der Waals surface area (Å²) in [6.07, 6.45) is 21.5. The highest BCUT2D eigenvalue weighted by molar-refractivity contribution is 5.73. The molecule has 0 aromatic carbocycles. The highest BCUT2D eigenvalue weighted by atomic mass is 16.4. The lowest BCUT2D eigenvalue weighted by Gasteiger charge is -2.18. The smallest absolute Gasteiger partial charge is 0.309 e. The van der Waals surface area contributed by atoms with Gasteiger partial charge >= 0.3 is 11.9 Å². The zero-order valence-electron chi connectivity index (χ0n) is 16.7. The van der Waals surface area contributed by atoms with Crippen LogP contribution in [0.1, 0.15) is 97.3 Å². The lowest BCUT2D eigenvalue weighted by atomic mass is 9.87. The second-order valence-electron chi connectivity index (χ2n) is 7.66. The highest BCUT2D eigenvalue weighted by Gasteiger charge is 2.25. The summed E-state index contributed by atoms with van der Waals surface area (Å²) in [5, 5.41) is 17.6. The topological polar surface area (TPSA) is 74.6 Å². The van der Waals surface area contributed by atoms with E-state index in [0.29, 0.717) is 6.42 Å². The zero-order valence-corrected chi connectivity index (χ0v) is 16.7. The fraction of sp³-hybridized carbons (Fsp3) is 0.727. The van der Waals surface area contributed by atoms with Crippen molar-refractivity contribution in [2.75, 3.05) is 0 Å². The molecule has 0 radical (unpaired) electrons. The molecule has 4 nitrogen and oxygen atoms in total. The van der Waals surface area contributed by atoms with Gasteiger partial charge in [-0.3, -0.25) is 9.59 Å². The number of unbranched alkanes of at least 4 members (excludes halogenated alkanes) is 8. The van der Waals surface area contributed by atoms with Gasteiger partial charge in [-0.15, -0.1) is 0 Å². The van der Waals surface area contributed by atoms with Crippen molar-refractivity contribution in [1.82, 2.24) is 0 Å². The average Bonchev–Trinajstić information content (AvgIpc) is 2.57. The molecule has 26 heavy (non-hydrogen) atoms. The van der Waals surface area contributed by atoms with E-state index in [1.54, 1.807) is 13.8 Å². The third kappa shape index (κ3) is 15.9. The monoisotopic (exact) mass is 366 g/mol. The third-order valence-corrected chi connectivity index (χ3v) is 4.60. The predicted octanol–water partition coefficient (Wildman–Crippen LogP) is 6.37. The number of rotatable bonds is 17. The molecule has 0 unspecified atom stereocenters. The Labute approximate surface area is 159 Å². The van der Waals surface area contributed by atoms with Gasteiger partial charge in [0.2, 0.25) is 0 Å². The van der Waals surface area contributed by atoms with Gasteiger partial charge in [0.05, 0.1) is 5.41 Å². The molecule has 2 N–H and O–H groups in total. The van der Waals surface area contributed by atoms with E-state index in [0.717, 1.165) is 77.0 Å². The van der Waals surface area contributed by atoms with Gasteiger partial charge in [0.1, 0.15) is 0 Å². The lowest BCUT2D eigenvalue weighted by molar-refractivity contribution is -0.147. The molecule has 0 aliphatic heterocycles. The first-order valence-corrected chi connectivity index (χ1v) is 10.1. The van der Waals surface area contributed by atoms with E-state index < -0.39 is 17.4 Å². The summed E-state index contributed by atoms with van der Waals surface area (Å²) in [5.41, 5.74) is -0.597. The molecule has 0 amide bonds. The van der Waals surface area contributed by atoms with Gasteiger partial charge in [-0.2, -0.15) is 0 Å². The SMILES string of the molecule is CC(C)(CCCCCC=CCCC=CCCCCCCC(=O)O)C(=O)O. The third-order valence-electron chi connectivity index (χ3n) is 4.60. The molecule has 0 heterocycles. The quantitative estimate of drug-likeness (QED) is 0.232. The molecule has 0 atom stereocenters. The van der Waals surface area contributed by atoms with Crippen LogP contribution in [0.15, 0.2) is 24.3 Å². The molecular formula is C22H38O4. The molecule has 150 valence electrons. The molecule has 0 aromatic heterocycles. The molecule has 0 saturated heterocycles. The first kappa shape index (κ1) is 24.4. The fourth-order valence-electron chi connectivity index (χ4n) is 2.67. The van der Waals surface area contributed by atoms with Gasteiger partial charge in [0, 0.05) is 6.42 Å². The van der Waals surface area contributed by atoms with Crippen molar-refractivity contribution in [3.63, 3.8) is 0 Å². The second kappa shape index (κ2) is 15.7. The Balaban J connectivity index is 3.38. The number of carbonyl (C=O) groups is 2. The number of carboxylic acid groups (broad SMARTS) is 2. The molecule has 0 aromatic rings. The number of aliphatic carboxylic acids is 2. The van der Waals surface area contributed by atoms with Crippen LogP contribution in [0.4, 0.5) is 0 Å². The predicted molar refractivity (Wildman–Crippen MR) is 107 cm³/mol. The van der Waals surface area contributed by atoms with Crippen LogP contribution in [0.3, 0.4) is 0 Å². The summed E-state index contributed by atoms with van der Waals surface area (Å²) >= 11 is 0. The molecule has 0 saturated carbocycles. The Kier molecular flexibility index (Phi) is 14.7. The molecule has 0 bridgehead atoms. The summed E-state index contributed by atoms with van der Waals surface area (Å²) in [6.45, 7) is 3.59. The van der Waals surface area contributed by atoms with E-state index in [9.17, 15) is 9.59 Å². The standard InChI is InChI=1S/C22H38O4/c1-22(2,21(25)26)19-17-15-13-11-9-7-5-3-4-6-8-10-12-14-16-18-20(23)24/h4,6-7,9H,3,5,8,10-19H2,1-2H3,(H,23,24)(H,25,26). The summed E-state index contributed by atoms with van der Waals surface area (Å²) in [4.78, 5) is 21.4. The highest BCUT2D eigenvalue weighted by Crippen LogP contribution is 2.24. The van der Waals surface area contributed by atoms with Crippen LogP contribution in [-0.4, -0.2) is 22.2 Å². The van der Waals surface area contributed by atoms with E-state index in [1.807, 2.05) is 0 Å². The van der Waals surface area contributed by atoms with E-state index in [1.165, 1.54) is 0 Å². The maximum atomic E-state index is 11.0. The van der Waals surface area contributed by atoms with E-state index in [4.69, 9.17) is 10.2 Å². The van der Waals surface area contributed by atoms with E-state index in [2.05, 4.69) is 24.3 Å². The minimum Gasteiger partial charge on any atom is -0.481 e. The molecule has 0 rings (SSSR count). The van der Waals surface area contributed by atoms with Crippen molar-refractivity contribution < 1.29 is 19.8 Å². The first-order chi connectivity index (χ1) is 12.4. The molecule has 4 heteroatoms. The summed E-state index contributed by atoms with van der Waals surface area (Å²) in [6, 6.07) is 0. The normalized spacial score (nSPS) is 12.2. The van der Waals surface area contributed by atoms with Crippen LogP contribution in [-0.2, 0) is 9.59 Å². The van der Waals surface area contributed by atoms with E-state index in [-0.39, 0.29) is 0 Å². The van der Waals surface area contributed by atoms with Gasteiger partial charge < -0.3 is 10.2 Å². The van der Waals surface area contributed by atoms with Crippen molar-refractivity contribution in [3.05, 3.63) is 24.3 Å². The minimum atomic E-state index is -0.705.